The molecule has 1 aliphatic heterocycles. The lowest BCUT2D eigenvalue weighted by Gasteiger charge is -2.24. The van der Waals surface area contributed by atoms with Crippen molar-refractivity contribution >= 4 is 23.7 Å². The molecule has 3 amide bonds. The number of ether oxygens (including phenoxy) is 1. The molecule has 3 rings (SSSR count). The highest BCUT2D eigenvalue weighted by Crippen LogP contribution is 2.25. The Bertz CT molecular complexity index is 813. The van der Waals surface area contributed by atoms with Gasteiger partial charge in [-0.1, -0.05) is 32.6 Å². The van der Waals surface area contributed by atoms with Crippen LogP contribution < -0.4 is 5.32 Å². The van der Waals surface area contributed by atoms with E-state index in [4.69, 9.17) is 4.74 Å². The highest BCUT2D eigenvalue weighted by molar-refractivity contribution is 6.22. The van der Waals surface area contributed by atoms with Gasteiger partial charge in [0.2, 0.25) is 0 Å². The lowest BCUT2D eigenvalue weighted by molar-refractivity contribution is -0.130. The van der Waals surface area contributed by atoms with Crippen molar-refractivity contribution in [2.45, 2.75) is 70.9 Å². The molecule has 1 heterocycles. The minimum Gasteiger partial charge on any atom is -0.449 e. The van der Waals surface area contributed by atoms with E-state index in [1.165, 1.54) is 36.4 Å². The van der Waals surface area contributed by atoms with E-state index in [1.807, 2.05) is 6.92 Å². The van der Waals surface area contributed by atoms with Crippen molar-refractivity contribution in [2.24, 2.45) is 0 Å². The largest absolute Gasteiger partial charge is 0.449 e. The predicted octanol–water partition coefficient (Wildman–Crippen LogP) is 3.08. The van der Waals surface area contributed by atoms with E-state index in [0.29, 0.717) is 12.1 Å². The number of benzene rings is 1. The molecule has 29 heavy (non-hydrogen) atoms. The van der Waals surface area contributed by atoms with E-state index >= 15 is 0 Å². The molecule has 1 N–H and O–H groups in total. The molecule has 0 saturated heterocycles. The van der Waals surface area contributed by atoms with Crippen LogP contribution in [0.15, 0.2) is 18.2 Å². The van der Waals surface area contributed by atoms with E-state index < -0.39 is 18.0 Å². The van der Waals surface area contributed by atoms with E-state index in [2.05, 4.69) is 5.32 Å². The molecule has 0 aromatic heterocycles. The number of nitrogens with zero attached hydrogens (tertiary/aromatic N) is 1. The van der Waals surface area contributed by atoms with E-state index in [9.17, 15) is 19.2 Å². The van der Waals surface area contributed by atoms with Gasteiger partial charge < -0.3 is 10.1 Å². The fourth-order valence-electron chi connectivity index (χ4n) is 3.78. The SMILES string of the molecule is CCCCN1C(=O)c2ccc(C(=O)O[C@@H](C)C(=O)NC3CCCCC3)cc2C1=O. The summed E-state index contributed by atoms with van der Waals surface area (Å²) in [6, 6.07) is 4.46. The minimum absolute atomic E-state index is 0.134. The first kappa shape index (κ1) is 21.0. The second-order valence-corrected chi connectivity index (χ2v) is 7.77. The Balaban J connectivity index is 1.63. The molecule has 0 bridgehead atoms. The predicted molar refractivity (Wildman–Crippen MR) is 107 cm³/mol. The summed E-state index contributed by atoms with van der Waals surface area (Å²) >= 11 is 0. The third-order valence-corrected chi connectivity index (χ3v) is 5.55. The van der Waals surface area contributed by atoms with Gasteiger partial charge in [0.05, 0.1) is 16.7 Å². The quantitative estimate of drug-likeness (QED) is 0.561. The normalized spacial score (nSPS) is 17.8. The van der Waals surface area contributed by atoms with Gasteiger partial charge in [-0.25, -0.2) is 4.79 Å². The standard InChI is InChI=1S/C22H28N2O5/c1-3-4-12-24-20(26)17-11-10-15(13-18(17)21(24)27)22(28)29-14(2)19(25)23-16-8-6-5-7-9-16/h10-11,13-14,16H,3-9,12H2,1-2H3,(H,23,25)/t14-/m0/s1. The third-order valence-electron chi connectivity index (χ3n) is 5.55. The summed E-state index contributed by atoms with van der Waals surface area (Å²) in [5, 5.41) is 2.93. The van der Waals surface area contributed by atoms with Crippen LogP contribution in [0, 0.1) is 0 Å². The van der Waals surface area contributed by atoms with Gasteiger partial charge in [0.15, 0.2) is 6.10 Å². The zero-order valence-electron chi connectivity index (χ0n) is 17.0. The molecule has 7 heteroatoms. The van der Waals surface area contributed by atoms with Crippen molar-refractivity contribution in [3.63, 3.8) is 0 Å². The molecule has 1 aromatic carbocycles. The zero-order chi connectivity index (χ0) is 21.0. The Hall–Kier alpha value is -2.70. The number of esters is 1. The lowest BCUT2D eigenvalue weighted by Crippen LogP contribution is -2.42. The molecule has 7 nitrogen and oxygen atoms in total. The van der Waals surface area contributed by atoms with Crippen molar-refractivity contribution in [1.29, 1.82) is 0 Å². The van der Waals surface area contributed by atoms with Crippen molar-refractivity contribution in [3.8, 4) is 0 Å². The fourth-order valence-corrected chi connectivity index (χ4v) is 3.78. The van der Waals surface area contributed by atoms with Gasteiger partial charge in [-0.05, 0) is 44.4 Å². The first-order chi connectivity index (χ1) is 13.9. The molecule has 1 saturated carbocycles. The number of carbonyl (C=O) groups is 4. The zero-order valence-corrected chi connectivity index (χ0v) is 17.0. The van der Waals surface area contributed by atoms with Crippen molar-refractivity contribution in [1.82, 2.24) is 10.2 Å². The number of hydrogen-bond donors (Lipinski definition) is 1. The summed E-state index contributed by atoms with van der Waals surface area (Å²) in [5.41, 5.74) is 0.658. The molecule has 1 aliphatic carbocycles. The average molecular weight is 400 g/mol. The highest BCUT2D eigenvalue weighted by Gasteiger charge is 2.35. The summed E-state index contributed by atoms with van der Waals surface area (Å²) < 4.78 is 5.29. The maximum Gasteiger partial charge on any atom is 0.338 e. The molecular weight excluding hydrogens is 372 g/mol. The summed E-state index contributed by atoms with van der Waals surface area (Å²) in [5.74, 6) is -1.73. The van der Waals surface area contributed by atoms with Crippen molar-refractivity contribution < 1.29 is 23.9 Å². The van der Waals surface area contributed by atoms with Crippen LogP contribution in [-0.2, 0) is 9.53 Å². The Morgan fingerprint density at radius 2 is 1.83 bits per heavy atom. The van der Waals surface area contributed by atoms with Crippen LogP contribution in [0.2, 0.25) is 0 Å². The van der Waals surface area contributed by atoms with Crippen LogP contribution in [0.5, 0.6) is 0 Å². The molecule has 0 radical (unpaired) electrons. The number of nitrogens with one attached hydrogen (secondary N) is 1. The highest BCUT2D eigenvalue weighted by atomic mass is 16.5. The average Bonchev–Trinajstić information content (AvgIpc) is 2.96. The van der Waals surface area contributed by atoms with Crippen LogP contribution in [0.3, 0.4) is 0 Å². The number of hydrogen-bond acceptors (Lipinski definition) is 5. The molecule has 0 unspecified atom stereocenters. The van der Waals surface area contributed by atoms with Gasteiger partial charge in [-0.3, -0.25) is 19.3 Å². The molecular formula is C22H28N2O5. The molecule has 2 aliphatic rings. The summed E-state index contributed by atoms with van der Waals surface area (Å²) in [6.07, 6.45) is 5.93. The van der Waals surface area contributed by atoms with Gasteiger partial charge in [0, 0.05) is 12.6 Å². The lowest BCUT2D eigenvalue weighted by atomic mass is 9.95. The number of carbonyl (C=O) groups excluding carboxylic acids is 4. The van der Waals surface area contributed by atoms with Crippen LogP contribution in [0.25, 0.3) is 0 Å². The summed E-state index contributed by atoms with van der Waals surface area (Å²) in [4.78, 5) is 50.9. The maximum atomic E-state index is 12.5. The van der Waals surface area contributed by atoms with Crippen LogP contribution in [-0.4, -0.2) is 47.3 Å². The number of imide groups is 1. The second-order valence-electron chi connectivity index (χ2n) is 7.77. The number of unbranched alkanes of at least 4 members (excludes halogenated alkanes) is 1. The topological polar surface area (TPSA) is 92.8 Å². The Labute approximate surface area is 170 Å². The van der Waals surface area contributed by atoms with Gasteiger partial charge >= 0.3 is 5.97 Å². The van der Waals surface area contributed by atoms with Gasteiger partial charge in [-0.15, -0.1) is 0 Å². The van der Waals surface area contributed by atoms with Crippen LogP contribution in [0.4, 0.5) is 0 Å². The fraction of sp³-hybridized carbons (Fsp3) is 0.545. The van der Waals surface area contributed by atoms with Crippen molar-refractivity contribution in [2.75, 3.05) is 6.54 Å². The second kappa shape index (κ2) is 9.20. The first-order valence-electron chi connectivity index (χ1n) is 10.4. The molecule has 1 fully saturated rings. The Morgan fingerprint density at radius 1 is 1.14 bits per heavy atom. The Kier molecular flexibility index (Phi) is 6.67. The van der Waals surface area contributed by atoms with Gasteiger partial charge in [0.25, 0.3) is 17.7 Å². The van der Waals surface area contributed by atoms with Crippen LogP contribution in [0.1, 0.15) is 89.9 Å². The summed E-state index contributed by atoms with van der Waals surface area (Å²) in [7, 11) is 0. The molecule has 0 spiro atoms. The molecule has 1 atom stereocenters. The van der Waals surface area contributed by atoms with Crippen molar-refractivity contribution in [3.05, 3.63) is 34.9 Å². The maximum absolute atomic E-state index is 12.5. The first-order valence-corrected chi connectivity index (χ1v) is 10.4. The number of fused-ring (bicyclic) bond motifs is 1. The molecule has 156 valence electrons. The Morgan fingerprint density at radius 3 is 2.52 bits per heavy atom. The van der Waals surface area contributed by atoms with Gasteiger partial charge in [0.1, 0.15) is 0 Å². The smallest absolute Gasteiger partial charge is 0.338 e. The van der Waals surface area contributed by atoms with E-state index in [-0.39, 0.29) is 29.0 Å². The number of amides is 3. The number of rotatable bonds is 7. The minimum atomic E-state index is -0.934. The monoisotopic (exact) mass is 400 g/mol. The third kappa shape index (κ3) is 4.66. The molecule has 1 aromatic rings. The van der Waals surface area contributed by atoms with E-state index in [1.54, 1.807) is 0 Å². The van der Waals surface area contributed by atoms with Gasteiger partial charge in [-0.2, -0.15) is 0 Å². The van der Waals surface area contributed by atoms with Crippen LogP contribution >= 0.6 is 0 Å². The summed E-state index contributed by atoms with van der Waals surface area (Å²) in [6.45, 7) is 3.88. The van der Waals surface area contributed by atoms with E-state index in [0.717, 1.165) is 38.5 Å².